The van der Waals surface area contributed by atoms with Crippen molar-refractivity contribution in [2.45, 2.75) is 64.1 Å². The first-order valence-electron chi connectivity index (χ1n) is 6.67. The Morgan fingerprint density at radius 3 is 2.63 bits per heavy atom. The normalized spacial score (nSPS) is 27.3. The zero-order chi connectivity index (χ0) is 14.6. The van der Waals surface area contributed by atoms with Crippen LogP contribution in [0, 0.1) is 0 Å². The number of amides is 1. The molecule has 0 aliphatic carbocycles. The number of aliphatic hydroxyl groups excluding tert-OH is 1. The highest BCUT2D eigenvalue weighted by molar-refractivity contribution is 5.80. The lowest BCUT2D eigenvalue weighted by Crippen LogP contribution is -2.45. The lowest BCUT2D eigenvalue weighted by molar-refractivity contribution is -0.187. The summed E-state index contributed by atoms with van der Waals surface area (Å²) in [5.74, 6) is -1.24. The van der Waals surface area contributed by atoms with E-state index in [1.54, 1.807) is 13.8 Å². The summed E-state index contributed by atoms with van der Waals surface area (Å²) in [7, 11) is 2.91. The van der Waals surface area contributed by atoms with E-state index in [1.165, 1.54) is 14.2 Å². The minimum absolute atomic E-state index is 0.353. The molecule has 1 heterocycles. The van der Waals surface area contributed by atoms with Crippen molar-refractivity contribution in [3.8, 4) is 0 Å². The minimum atomic E-state index is -0.882. The topological polar surface area (TPSA) is 68.2 Å². The second-order valence-corrected chi connectivity index (χ2v) is 5.25. The number of likely N-dealkylation sites (N-methyl/N-ethyl adjacent to an activating group) is 1. The summed E-state index contributed by atoms with van der Waals surface area (Å²) in [5.41, 5.74) is 0. The van der Waals surface area contributed by atoms with Crippen LogP contribution in [0.25, 0.3) is 0 Å². The summed E-state index contributed by atoms with van der Waals surface area (Å²) in [6.45, 7) is 5.50. The first-order chi connectivity index (χ1) is 8.82. The van der Waals surface area contributed by atoms with Crippen LogP contribution in [-0.2, 0) is 19.1 Å². The lowest BCUT2D eigenvalue weighted by atomic mass is 10.0. The molecule has 1 saturated heterocycles. The maximum Gasteiger partial charge on any atom is 0.277 e. The van der Waals surface area contributed by atoms with Crippen molar-refractivity contribution in [2.75, 3.05) is 14.2 Å². The van der Waals surface area contributed by atoms with E-state index in [2.05, 4.69) is 0 Å². The third-order valence-electron chi connectivity index (χ3n) is 3.19. The van der Waals surface area contributed by atoms with Gasteiger partial charge in [0.25, 0.3) is 5.91 Å². The molecule has 0 spiro atoms. The van der Waals surface area contributed by atoms with Crippen molar-refractivity contribution in [1.29, 1.82) is 0 Å². The number of aliphatic hydroxyl groups is 1. The maximum atomic E-state index is 12.1. The number of unbranched alkanes of at least 4 members (excludes halogenated alkanes) is 1. The SMILES string of the molecule is CCCC[C@H](O)[C@H]1OC(C)(C)O[C@@H]1C(=O)N(C)OC. The number of carbonyl (C=O) groups excluding carboxylic acids is 1. The van der Waals surface area contributed by atoms with Gasteiger partial charge in [0.15, 0.2) is 11.9 Å². The van der Waals surface area contributed by atoms with E-state index < -0.39 is 24.1 Å². The molecule has 1 N–H and O–H groups in total. The number of ether oxygens (including phenoxy) is 2. The summed E-state index contributed by atoms with van der Waals surface area (Å²) in [4.78, 5) is 17.0. The Labute approximate surface area is 114 Å². The van der Waals surface area contributed by atoms with Gasteiger partial charge in [-0.05, 0) is 20.3 Å². The molecule has 1 fully saturated rings. The number of carbonyl (C=O) groups is 1. The molecule has 112 valence electrons. The summed E-state index contributed by atoms with van der Waals surface area (Å²) in [6.07, 6.45) is 0.216. The Bertz CT molecular complexity index is 307. The molecule has 19 heavy (non-hydrogen) atoms. The Morgan fingerprint density at radius 1 is 1.47 bits per heavy atom. The molecule has 0 bridgehead atoms. The van der Waals surface area contributed by atoms with Crippen LogP contribution in [-0.4, -0.2) is 54.3 Å². The molecule has 6 nitrogen and oxygen atoms in total. The van der Waals surface area contributed by atoms with Gasteiger partial charge in [-0.3, -0.25) is 9.63 Å². The van der Waals surface area contributed by atoms with Crippen LogP contribution in [0.1, 0.15) is 40.0 Å². The Hall–Kier alpha value is -0.690. The largest absolute Gasteiger partial charge is 0.390 e. The zero-order valence-electron chi connectivity index (χ0n) is 12.4. The summed E-state index contributed by atoms with van der Waals surface area (Å²) >= 11 is 0. The van der Waals surface area contributed by atoms with E-state index in [1.807, 2.05) is 6.92 Å². The van der Waals surface area contributed by atoms with Gasteiger partial charge in [0, 0.05) is 7.05 Å². The molecule has 0 aromatic carbocycles. The van der Waals surface area contributed by atoms with Crippen molar-refractivity contribution in [3.05, 3.63) is 0 Å². The van der Waals surface area contributed by atoms with E-state index in [9.17, 15) is 9.90 Å². The standard InChI is InChI=1S/C13H25NO5/c1-6-7-8-9(15)10-11(12(16)14(4)17-5)19-13(2,3)18-10/h9-11,15H,6-8H2,1-5H3/t9-,10+,11-/m0/s1. The molecular formula is C13H25NO5. The van der Waals surface area contributed by atoms with Crippen molar-refractivity contribution >= 4 is 5.91 Å². The van der Waals surface area contributed by atoms with Crippen LogP contribution in [0.3, 0.4) is 0 Å². The molecular weight excluding hydrogens is 250 g/mol. The second kappa shape index (κ2) is 6.65. The first-order valence-corrected chi connectivity index (χ1v) is 6.67. The average molecular weight is 275 g/mol. The highest BCUT2D eigenvalue weighted by Gasteiger charge is 2.49. The van der Waals surface area contributed by atoms with E-state index >= 15 is 0 Å². The molecule has 1 rings (SSSR count). The first kappa shape index (κ1) is 16.4. The van der Waals surface area contributed by atoms with Crippen molar-refractivity contribution < 1.29 is 24.2 Å². The van der Waals surface area contributed by atoms with Gasteiger partial charge in [-0.25, -0.2) is 5.06 Å². The van der Waals surface area contributed by atoms with Gasteiger partial charge in [-0.15, -0.1) is 0 Å². The summed E-state index contributed by atoms with van der Waals surface area (Å²) in [5, 5.41) is 11.3. The van der Waals surface area contributed by atoms with Crippen molar-refractivity contribution in [2.24, 2.45) is 0 Å². The fourth-order valence-electron chi connectivity index (χ4n) is 2.11. The quantitative estimate of drug-likeness (QED) is 0.735. The smallest absolute Gasteiger partial charge is 0.277 e. The molecule has 3 atom stereocenters. The van der Waals surface area contributed by atoms with Crippen LogP contribution in [0.15, 0.2) is 0 Å². The molecule has 6 heteroatoms. The Morgan fingerprint density at radius 2 is 2.11 bits per heavy atom. The predicted molar refractivity (Wildman–Crippen MR) is 69.1 cm³/mol. The fourth-order valence-corrected chi connectivity index (χ4v) is 2.11. The van der Waals surface area contributed by atoms with Crippen molar-refractivity contribution in [1.82, 2.24) is 5.06 Å². The van der Waals surface area contributed by atoms with E-state index in [0.717, 1.165) is 17.9 Å². The zero-order valence-corrected chi connectivity index (χ0v) is 12.4. The third-order valence-corrected chi connectivity index (χ3v) is 3.19. The molecule has 0 radical (unpaired) electrons. The minimum Gasteiger partial charge on any atom is -0.390 e. The molecule has 0 saturated carbocycles. The highest BCUT2D eigenvalue weighted by atomic mass is 16.8. The van der Waals surface area contributed by atoms with E-state index in [0.29, 0.717) is 6.42 Å². The van der Waals surface area contributed by atoms with Gasteiger partial charge >= 0.3 is 0 Å². The predicted octanol–water partition coefficient (Wildman–Crippen LogP) is 1.08. The Balaban J connectivity index is 2.77. The average Bonchev–Trinajstić information content (AvgIpc) is 2.70. The number of hydrogen-bond acceptors (Lipinski definition) is 5. The van der Waals surface area contributed by atoms with E-state index in [-0.39, 0.29) is 5.91 Å². The van der Waals surface area contributed by atoms with Crippen LogP contribution < -0.4 is 0 Å². The van der Waals surface area contributed by atoms with Gasteiger partial charge in [0.1, 0.15) is 6.10 Å². The number of hydroxylamine groups is 2. The van der Waals surface area contributed by atoms with Crippen LogP contribution in [0.4, 0.5) is 0 Å². The summed E-state index contributed by atoms with van der Waals surface area (Å²) < 4.78 is 11.3. The second-order valence-electron chi connectivity index (χ2n) is 5.25. The monoisotopic (exact) mass is 275 g/mol. The van der Waals surface area contributed by atoms with Gasteiger partial charge in [-0.1, -0.05) is 19.8 Å². The number of hydrogen-bond donors (Lipinski definition) is 1. The molecule has 0 aromatic rings. The fraction of sp³-hybridized carbons (Fsp3) is 0.923. The van der Waals surface area contributed by atoms with E-state index in [4.69, 9.17) is 14.3 Å². The number of nitrogens with zero attached hydrogens (tertiary/aromatic N) is 1. The maximum absolute atomic E-state index is 12.1. The van der Waals surface area contributed by atoms with Gasteiger partial charge < -0.3 is 14.6 Å². The van der Waals surface area contributed by atoms with Gasteiger partial charge in [0.2, 0.25) is 0 Å². The molecule has 1 aliphatic rings. The highest BCUT2D eigenvalue weighted by Crippen LogP contribution is 2.32. The summed E-state index contributed by atoms with van der Waals surface area (Å²) in [6, 6.07) is 0. The lowest BCUT2D eigenvalue weighted by Gasteiger charge is -2.24. The molecule has 1 aliphatic heterocycles. The third kappa shape index (κ3) is 4.14. The number of rotatable bonds is 6. The van der Waals surface area contributed by atoms with Crippen molar-refractivity contribution in [3.63, 3.8) is 0 Å². The Kier molecular flexibility index (Phi) is 5.73. The molecule has 0 unspecified atom stereocenters. The molecule has 1 amide bonds. The van der Waals surface area contributed by atoms with Crippen LogP contribution in [0.5, 0.6) is 0 Å². The van der Waals surface area contributed by atoms with Crippen LogP contribution >= 0.6 is 0 Å². The molecule has 0 aromatic heterocycles. The van der Waals surface area contributed by atoms with Gasteiger partial charge in [0.05, 0.1) is 13.2 Å². The van der Waals surface area contributed by atoms with Gasteiger partial charge in [-0.2, -0.15) is 0 Å². The van der Waals surface area contributed by atoms with Crippen LogP contribution in [0.2, 0.25) is 0 Å².